The summed E-state index contributed by atoms with van der Waals surface area (Å²) in [6.07, 6.45) is 2.68. The topological polar surface area (TPSA) is 117 Å². The molecule has 0 spiro atoms. The van der Waals surface area contributed by atoms with E-state index in [0.717, 1.165) is 19.3 Å². The first kappa shape index (κ1) is 23.0. The highest BCUT2D eigenvalue weighted by atomic mass is 32.2. The Morgan fingerprint density at radius 3 is 2.48 bits per heavy atom. The summed E-state index contributed by atoms with van der Waals surface area (Å²) in [6.45, 7) is 6.82. The van der Waals surface area contributed by atoms with Gasteiger partial charge in [0, 0.05) is 25.3 Å². The number of hydrogen-bond acceptors (Lipinski definition) is 6. The second-order valence-corrected chi connectivity index (χ2v) is 8.68. The lowest BCUT2D eigenvalue weighted by molar-refractivity contribution is -0.120. The van der Waals surface area contributed by atoms with Crippen LogP contribution in [0.25, 0.3) is 0 Å². The summed E-state index contributed by atoms with van der Waals surface area (Å²) >= 11 is 0. The number of nitrogens with one attached hydrogen (secondary N) is 3. The number of anilines is 1. The maximum Gasteiger partial charge on any atom is 0.321 e. The second kappa shape index (κ2) is 10.4. The van der Waals surface area contributed by atoms with Crippen molar-refractivity contribution in [2.75, 3.05) is 31.6 Å². The molecule has 2 rings (SSSR count). The van der Waals surface area contributed by atoms with Crippen molar-refractivity contribution in [2.45, 2.75) is 51.0 Å². The van der Waals surface area contributed by atoms with Gasteiger partial charge in [0.2, 0.25) is 15.9 Å². The SMILES string of the molecule is CCNC(=O)NC(=O)[C@@H](C)Nc1ccc(OCC)c(S(=O)(=O)N2CCCCC2)c1. The molecular weight excluding hydrogens is 396 g/mol. The van der Waals surface area contributed by atoms with Gasteiger partial charge in [-0.15, -0.1) is 0 Å². The lowest BCUT2D eigenvalue weighted by atomic mass is 10.2. The zero-order valence-corrected chi connectivity index (χ0v) is 18.0. The van der Waals surface area contributed by atoms with Gasteiger partial charge in [0.25, 0.3) is 0 Å². The Morgan fingerprint density at radius 2 is 1.86 bits per heavy atom. The van der Waals surface area contributed by atoms with Crippen LogP contribution >= 0.6 is 0 Å². The number of hydrogen-bond donors (Lipinski definition) is 3. The average molecular weight is 427 g/mol. The molecule has 9 nitrogen and oxygen atoms in total. The van der Waals surface area contributed by atoms with Crippen molar-refractivity contribution in [2.24, 2.45) is 0 Å². The third-order valence-electron chi connectivity index (χ3n) is 4.53. The number of benzene rings is 1. The van der Waals surface area contributed by atoms with E-state index in [4.69, 9.17) is 4.74 Å². The molecule has 1 saturated heterocycles. The van der Waals surface area contributed by atoms with Gasteiger partial charge in [0.15, 0.2) is 0 Å². The molecule has 1 aromatic rings. The van der Waals surface area contributed by atoms with Crippen molar-refractivity contribution in [3.8, 4) is 5.75 Å². The van der Waals surface area contributed by atoms with Gasteiger partial charge < -0.3 is 15.4 Å². The van der Waals surface area contributed by atoms with Crippen LogP contribution in [0.1, 0.15) is 40.0 Å². The molecule has 1 aromatic carbocycles. The van der Waals surface area contributed by atoms with Gasteiger partial charge in [-0.2, -0.15) is 4.31 Å². The summed E-state index contributed by atoms with van der Waals surface area (Å²) < 4.78 is 33.3. The molecule has 0 radical (unpaired) electrons. The third kappa shape index (κ3) is 6.07. The van der Waals surface area contributed by atoms with Gasteiger partial charge in [0.05, 0.1) is 6.61 Å². The van der Waals surface area contributed by atoms with Crippen molar-refractivity contribution >= 4 is 27.6 Å². The first-order chi connectivity index (χ1) is 13.8. The fourth-order valence-electron chi connectivity index (χ4n) is 3.06. The molecule has 3 amide bonds. The van der Waals surface area contributed by atoms with Gasteiger partial charge in [-0.25, -0.2) is 13.2 Å². The second-order valence-electron chi connectivity index (χ2n) is 6.77. The minimum atomic E-state index is -3.72. The summed E-state index contributed by atoms with van der Waals surface area (Å²) in [5, 5.41) is 7.65. The van der Waals surface area contributed by atoms with Crippen LogP contribution in [0.2, 0.25) is 0 Å². The molecule has 1 atom stereocenters. The van der Waals surface area contributed by atoms with Crippen LogP contribution < -0.4 is 20.7 Å². The molecule has 0 saturated carbocycles. The van der Waals surface area contributed by atoms with Crippen LogP contribution in [0.15, 0.2) is 23.1 Å². The number of sulfonamides is 1. The Labute approximate surface area is 172 Å². The quantitative estimate of drug-likeness (QED) is 0.585. The van der Waals surface area contributed by atoms with Crippen LogP contribution in [0, 0.1) is 0 Å². The van der Waals surface area contributed by atoms with Crippen LogP contribution in [0.4, 0.5) is 10.5 Å². The van der Waals surface area contributed by atoms with Crippen molar-refractivity contribution in [1.82, 2.24) is 14.9 Å². The molecule has 162 valence electrons. The van der Waals surface area contributed by atoms with E-state index in [1.54, 1.807) is 32.9 Å². The van der Waals surface area contributed by atoms with E-state index in [9.17, 15) is 18.0 Å². The maximum absolute atomic E-state index is 13.2. The smallest absolute Gasteiger partial charge is 0.321 e. The molecule has 0 unspecified atom stereocenters. The number of nitrogens with zero attached hydrogens (tertiary/aromatic N) is 1. The Hall–Kier alpha value is -2.33. The number of urea groups is 1. The average Bonchev–Trinajstić information content (AvgIpc) is 2.70. The third-order valence-corrected chi connectivity index (χ3v) is 6.45. The van der Waals surface area contributed by atoms with E-state index >= 15 is 0 Å². The number of rotatable bonds is 8. The number of amides is 3. The van der Waals surface area contributed by atoms with Crippen LogP contribution in [-0.2, 0) is 14.8 Å². The standard InChI is InChI=1S/C19H30N4O5S/c1-4-20-19(25)22-18(24)14(3)21-15-9-10-16(28-5-2)17(13-15)29(26,27)23-11-7-6-8-12-23/h9-10,13-14,21H,4-8,11-12H2,1-3H3,(H2,20,22,24,25)/t14-/m1/s1. The molecular formula is C19H30N4O5S. The molecule has 1 aliphatic rings. The molecule has 1 fully saturated rings. The Kier molecular flexibility index (Phi) is 8.27. The predicted octanol–water partition coefficient (Wildman–Crippen LogP) is 1.91. The molecule has 29 heavy (non-hydrogen) atoms. The summed E-state index contributed by atoms with van der Waals surface area (Å²) in [5.74, 6) is -0.242. The monoisotopic (exact) mass is 426 g/mol. The number of carbonyl (C=O) groups is 2. The molecule has 0 bridgehead atoms. The van der Waals surface area contributed by atoms with Crippen molar-refractivity contribution in [3.05, 3.63) is 18.2 Å². The molecule has 1 heterocycles. The number of piperidine rings is 1. The Morgan fingerprint density at radius 1 is 1.17 bits per heavy atom. The van der Waals surface area contributed by atoms with Gasteiger partial charge in [0.1, 0.15) is 16.7 Å². The van der Waals surface area contributed by atoms with E-state index < -0.39 is 28.0 Å². The van der Waals surface area contributed by atoms with E-state index in [0.29, 0.717) is 31.9 Å². The van der Waals surface area contributed by atoms with E-state index in [-0.39, 0.29) is 10.6 Å². The molecule has 0 aliphatic carbocycles. The van der Waals surface area contributed by atoms with Gasteiger partial charge in [-0.05, 0) is 51.8 Å². The highest BCUT2D eigenvalue weighted by Gasteiger charge is 2.29. The first-order valence-electron chi connectivity index (χ1n) is 9.91. The zero-order chi connectivity index (χ0) is 21.4. The van der Waals surface area contributed by atoms with Crippen molar-refractivity contribution in [1.29, 1.82) is 0 Å². The Bertz CT molecular complexity index is 822. The number of carbonyl (C=O) groups excluding carboxylic acids is 2. The van der Waals surface area contributed by atoms with Gasteiger partial charge in [-0.3, -0.25) is 10.1 Å². The summed E-state index contributed by atoms with van der Waals surface area (Å²) in [5.41, 5.74) is 0.447. The summed E-state index contributed by atoms with van der Waals surface area (Å²) in [4.78, 5) is 23.7. The fraction of sp³-hybridized carbons (Fsp3) is 0.579. The number of imide groups is 1. The van der Waals surface area contributed by atoms with Crippen LogP contribution in [0.5, 0.6) is 5.75 Å². The first-order valence-corrected chi connectivity index (χ1v) is 11.4. The molecule has 0 aromatic heterocycles. The lowest BCUT2D eigenvalue weighted by Crippen LogP contribution is -2.45. The lowest BCUT2D eigenvalue weighted by Gasteiger charge is -2.27. The normalized spacial score (nSPS) is 16.0. The molecule has 10 heteroatoms. The van der Waals surface area contributed by atoms with Gasteiger partial charge >= 0.3 is 6.03 Å². The largest absolute Gasteiger partial charge is 0.492 e. The van der Waals surface area contributed by atoms with Crippen LogP contribution in [0.3, 0.4) is 0 Å². The van der Waals surface area contributed by atoms with Crippen LogP contribution in [-0.4, -0.2) is 56.9 Å². The predicted molar refractivity (Wildman–Crippen MR) is 111 cm³/mol. The van der Waals surface area contributed by atoms with E-state index in [1.165, 1.54) is 10.4 Å². The van der Waals surface area contributed by atoms with Gasteiger partial charge in [-0.1, -0.05) is 6.42 Å². The van der Waals surface area contributed by atoms with E-state index in [2.05, 4.69) is 16.0 Å². The maximum atomic E-state index is 13.2. The zero-order valence-electron chi connectivity index (χ0n) is 17.2. The summed E-state index contributed by atoms with van der Waals surface area (Å²) in [7, 11) is -3.72. The minimum Gasteiger partial charge on any atom is -0.492 e. The highest BCUT2D eigenvalue weighted by molar-refractivity contribution is 7.89. The minimum absolute atomic E-state index is 0.0718. The van der Waals surface area contributed by atoms with Crippen molar-refractivity contribution in [3.63, 3.8) is 0 Å². The fourth-order valence-corrected chi connectivity index (χ4v) is 4.73. The molecule has 1 aliphatic heterocycles. The summed E-state index contributed by atoms with van der Waals surface area (Å²) in [6, 6.07) is 3.38. The highest BCUT2D eigenvalue weighted by Crippen LogP contribution is 2.31. The van der Waals surface area contributed by atoms with Crippen molar-refractivity contribution < 1.29 is 22.7 Å². The van der Waals surface area contributed by atoms with E-state index in [1.807, 2.05) is 0 Å². The molecule has 3 N–H and O–H groups in total. The Balaban J connectivity index is 2.23. The number of ether oxygens (including phenoxy) is 1.